The molecule has 0 aliphatic heterocycles. The zero-order valence-electron chi connectivity index (χ0n) is 10.9. The Kier molecular flexibility index (Phi) is 2.51. The standard InChI is InChI=1S/C14H16N2OS2/c1-7-5-8(6-7)16-13(17)11-9-3-2-4-10(9)19-12(11)15-14(16)18/h7-8H,2-6H2,1H3,(H,15,18). The van der Waals surface area contributed by atoms with E-state index in [9.17, 15) is 4.79 Å². The molecule has 1 N–H and O–H groups in total. The summed E-state index contributed by atoms with van der Waals surface area (Å²) in [6.45, 7) is 2.23. The lowest BCUT2D eigenvalue weighted by atomic mass is 9.82. The van der Waals surface area contributed by atoms with Crippen LogP contribution in [0.3, 0.4) is 0 Å². The van der Waals surface area contributed by atoms with Crippen LogP contribution in [0.2, 0.25) is 0 Å². The number of aryl methyl sites for hydroxylation is 2. The van der Waals surface area contributed by atoms with Crippen molar-refractivity contribution in [3.05, 3.63) is 25.6 Å². The Labute approximate surface area is 120 Å². The summed E-state index contributed by atoms with van der Waals surface area (Å²) < 4.78 is 2.44. The van der Waals surface area contributed by atoms with Crippen LogP contribution in [0.15, 0.2) is 4.79 Å². The zero-order valence-corrected chi connectivity index (χ0v) is 12.5. The van der Waals surface area contributed by atoms with Crippen molar-refractivity contribution in [2.45, 2.75) is 45.1 Å². The van der Waals surface area contributed by atoms with Gasteiger partial charge in [0, 0.05) is 10.9 Å². The maximum atomic E-state index is 12.8. The second-order valence-corrected chi connectivity index (χ2v) is 7.39. The summed E-state index contributed by atoms with van der Waals surface area (Å²) >= 11 is 7.13. The smallest absolute Gasteiger partial charge is 0.263 e. The summed E-state index contributed by atoms with van der Waals surface area (Å²) in [5.74, 6) is 0.718. The van der Waals surface area contributed by atoms with Crippen molar-refractivity contribution in [3.8, 4) is 0 Å². The van der Waals surface area contributed by atoms with E-state index >= 15 is 0 Å². The van der Waals surface area contributed by atoms with Crippen molar-refractivity contribution in [1.29, 1.82) is 0 Å². The molecule has 2 heterocycles. The van der Waals surface area contributed by atoms with E-state index in [1.54, 1.807) is 11.3 Å². The quantitative estimate of drug-likeness (QED) is 0.816. The molecule has 1 fully saturated rings. The number of nitrogens with zero attached hydrogens (tertiary/aromatic N) is 1. The van der Waals surface area contributed by atoms with E-state index in [1.165, 1.54) is 16.9 Å². The summed E-state index contributed by atoms with van der Waals surface area (Å²) in [7, 11) is 0. The first-order valence-corrected chi connectivity index (χ1v) is 8.16. The first kappa shape index (κ1) is 11.9. The van der Waals surface area contributed by atoms with Crippen LogP contribution in [0.5, 0.6) is 0 Å². The van der Waals surface area contributed by atoms with Crippen LogP contribution in [-0.4, -0.2) is 9.55 Å². The predicted molar refractivity (Wildman–Crippen MR) is 80.7 cm³/mol. The Hall–Kier alpha value is -0.940. The number of fused-ring (bicyclic) bond motifs is 3. The minimum atomic E-state index is 0.148. The second kappa shape index (κ2) is 4.03. The lowest BCUT2D eigenvalue weighted by Gasteiger charge is -2.33. The van der Waals surface area contributed by atoms with Crippen molar-refractivity contribution in [2.75, 3.05) is 0 Å². The number of thiophene rings is 1. The maximum absolute atomic E-state index is 12.8. The lowest BCUT2D eigenvalue weighted by molar-refractivity contribution is 0.209. The third kappa shape index (κ3) is 1.61. The fourth-order valence-electron chi connectivity index (χ4n) is 3.49. The van der Waals surface area contributed by atoms with Crippen molar-refractivity contribution in [3.63, 3.8) is 0 Å². The Bertz CT molecular complexity index is 777. The van der Waals surface area contributed by atoms with Gasteiger partial charge in [0.25, 0.3) is 5.56 Å². The highest BCUT2D eigenvalue weighted by atomic mass is 32.1. The van der Waals surface area contributed by atoms with Crippen molar-refractivity contribution < 1.29 is 0 Å². The van der Waals surface area contributed by atoms with Crippen LogP contribution in [0.4, 0.5) is 0 Å². The van der Waals surface area contributed by atoms with Gasteiger partial charge in [0.05, 0.1) is 5.39 Å². The van der Waals surface area contributed by atoms with Crippen LogP contribution < -0.4 is 5.56 Å². The molecule has 5 heteroatoms. The molecule has 100 valence electrons. The predicted octanol–water partition coefficient (Wildman–Crippen LogP) is 3.58. The van der Waals surface area contributed by atoms with E-state index in [-0.39, 0.29) is 5.56 Å². The highest BCUT2D eigenvalue weighted by Gasteiger charge is 2.30. The van der Waals surface area contributed by atoms with E-state index in [0.717, 1.165) is 41.8 Å². The Morgan fingerprint density at radius 1 is 1.37 bits per heavy atom. The van der Waals surface area contributed by atoms with E-state index in [4.69, 9.17) is 12.2 Å². The molecule has 0 bridgehead atoms. The number of H-pyrrole nitrogens is 1. The van der Waals surface area contributed by atoms with Crippen LogP contribution >= 0.6 is 23.6 Å². The molecule has 0 spiro atoms. The fourth-order valence-corrected chi connectivity index (χ4v) is 5.17. The van der Waals surface area contributed by atoms with Crippen molar-refractivity contribution >= 4 is 33.8 Å². The van der Waals surface area contributed by atoms with Crippen LogP contribution in [0.25, 0.3) is 10.2 Å². The number of aromatic nitrogens is 2. The van der Waals surface area contributed by atoms with Crippen LogP contribution in [0, 0.1) is 10.7 Å². The van der Waals surface area contributed by atoms with Crippen LogP contribution in [0.1, 0.15) is 42.7 Å². The van der Waals surface area contributed by atoms with E-state index in [0.29, 0.717) is 10.8 Å². The summed E-state index contributed by atoms with van der Waals surface area (Å²) in [4.78, 5) is 18.5. The van der Waals surface area contributed by atoms with Gasteiger partial charge < -0.3 is 4.98 Å². The average Bonchev–Trinajstić information content (AvgIpc) is 2.85. The van der Waals surface area contributed by atoms with Gasteiger partial charge in [0.2, 0.25) is 0 Å². The molecule has 0 amide bonds. The SMILES string of the molecule is CC1CC(n2c(=S)[nH]c3sc4c(c3c2=O)CCC4)C1. The first-order valence-electron chi connectivity index (χ1n) is 6.94. The summed E-state index contributed by atoms with van der Waals surface area (Å²) in [6.07, 6.45) is 5.52. The minimum absolute atomic E-state index is 0.148. The number of hydrogen-bond donors (Lipinski definition) is 1. The van der Waals surface area contributed by atoms with Gasteiger partial charge in [0.1, 0.15) is 4.83 Å². The molecule has 0 unspecified atom stereocenters. The lowest BCUT2D eigenvalue weighted by Crippen LogP contribution is -2.34. The third-order valence-electron chi connectivity index (χ3n) is 4.51. The van der Waals surface area contributed by atoms with E-state index < -0.39 is 0 Å². The number of hydrogen-bond acceptors (Lipinski definition) is 3. The van der Waals surface area contributed by atoms with E-state index in [1.807, 2.05) is 4.57 Å². The molecule has 4 rings (SSSR count). The Balaban J connectivity index is 1.99. The number of nitrogens with one attached hydrogen (secondary N) is 1. The Morgan fingerprint density at radius 3 is 2.89 bits per heavy atom. The first-order chi connectivity index (χ1) is 9.15. The highest BCUT2D eigenvalue weighted by molar-refractivity contribution is 7.71. The minimum Gasteiger partial charge on any atom is -0.323 e. The fraction of sp³-hybridized carbons (Fsp3) is 0.571. The number of rotatable bonds is 1. The van der Waals surface area contributed by atoms with Crippen molar-refractivity contribution in [2.24, 2.45) is 5.92 Å². The second-order valence-electron chi connectivity index (χ2n) is 5.90. The molecule has 0 saturated heterocycles. The number of aromatic amines is 1. The maximum Gasteiger partial charge on any atom is 0.263 e. The summed E-state index contributed by atoms with van der Waals surface area (Å²) in [5, 5.41) is 0.922. The molecular weight excluding hydrogens is 276 g/mol. The molecule has 0 radical (unpaired) electrons. The van der Waals surface area contributed by atoms with Gasteiger partial charge in [-0.2, -0.15) is 0 Å². The third-order valence-corrected chi connectivity index (χ3v) is 6.01. The molecule has 3 nitrogen and oxygen atoms in total. The highest BCUT2D eigenvalue weighted by Crippen LogP contribution is 2.38. The zero-order chi connectivity index (χ0) is 13.1. The molecule has 2 aromatic heterocycles. The van der Waals surface area contributed by atoms with Gasteiger partial charge in [-0.25, -0.2) is 0 Å². The van der Waals surface area contributed by atoms with E-state index in [2.05, 4.69) is 11.9 Å². The molecule has 19 heavy (non-hydrogen) atoms. The average molecular weight is 292 g/mol. The molecule has 2 aliphatic carbocycles. The van der Waals surface area contributed by atoms with Gasteiger partial charge in [-0.05, 0) is 55.8 Å². The van der Waals surface area contributed by atoms with Gasteiger partial charge in [-0.15, -0.1) is 11.3 Å². The molecule has 1 saturated carbocycles. The monoisotopic (exact) mass is 292 g/mol. The largest absolute Gasteiger partial charge is 0.323 e. The van der Waals surface area contributed by atoms with Gasteiger partial charge in [-0.1, -0.05) is 6.92 Å². The van der Waals surface area contributed by atoms with Gasteiger partial charge in [-0.3, -0.25) is 9.36 Å². The summed E-state index contributed by atoms with van der Waals surface area (Å²) in [5.41, 5.74) is 1.44. The normalized spacial score (nSPS) is 25.5. The molecule has 2 aliphatic rings. The molecule has 2 aromatic rings. The van der Waals surface area contributed by atoms with Crippen LogP contribution in [-0.2, 0) is 12.8 Å². The van der Waals surface area contributed by atoms with Gasteiger partial charge >= 0.3 is 0 Å². The van der Waals surface area contributed by atoms with Gasteiger partial charge in [0.15, 0.2) is 4.77 Å². The summed E-state index contributed by atoms with van der Waals surface area (Å²) in [6, 6.07) is 0.313. The van der Waals surface area contributed by atoms with Crippen molar-refractivity contribution in [1.82, 2.24) is 9.55 Å². The Morgan fingerprint density at radius 2 is 2.16 bits per heavy atom. The molecular formula is C14H16N2OS2. The molecule has 0 aromatic carbocycles. The molecule has 0 atom stereocenters. The topological polar surface area (TPSA) is 37.8 Å².